The summed E-state index contributed by atoms with van der Waals surface area (Å²) in [5.41, 5.74) is 1.65. The summed E-state index contributed by atoms with van der Waals surface area (Å²) in [6, 6.07) is 13.1. The van der Waals surface area contributed by atoms with E-state index in [1.807, 2.05) is 6.92 Å². The molecule has 0 N–H and O–H groups in total. The van der Waals surface area contributed by atoms with E-state index in [0.717, 1.165) is 5.56 Å². The Morgan fingerprint density at radius 2 is 1.79 bits per heavy atom. The molecule has 0 radical (unpaired) electrons. The van der Waals surface area contributed by atoms with Crippen LogP contribution in [-0.4, -0.2) is 29.5 Å². The average molecular weight is 342 g/mol. The minimum atomic E-state index is -3.87. The van der Waals surface area contributed by atoms with Gasteiger partial charge in [0.05, 0.1) is 6.21 Å². The lowest BCUT2D eigenvalue weighted by Crippen LogP contribution is -2.09. The molecule has 1 aromatic heterocycles. The first-order valence-electron chi connectivity index (χ1n) is 7.03. The monoisotopic (exact) mass is 342 g/mol. The van der Waals surface area contributed by atoms with Crippen LogP contribution in [-0.2, 0) is 10.1 Å². The van der Waals surface area contributed by atoms with Crippen molar-refractivity contribution in [2.45, 2.75) is 11.8 Å². The molecule has 0 atom stereocenters. The summed E-state index contributed by atoms with van der Waals surface area (Å²) in [6.45, 7) is 1.88. The molecule has 0 spiro atoms. The van der Waals surface area contributed by atoms with Gasteiger partial charge >= 0.3 is 10.1 Å². The van der Waals surface area contributed by atoms with Gasteiger partial charge in [-0.3, -0.25) is 0 Å². The highest BCUT2D eigenvalue weighted by molar-refractivity contribution is 7.87. The first-order valence-corrected chi connectivity index (χ1v) is 8.44. The quantitative estimate of drug-likeness (QED) is 0.524. The molecular weight excluding hydrogens is 328 g/mol. The van der Waals surface area contributed by atoms with Crippen molar-refractivity contribution in [3.8, 4) is 5.75 Å². The molecule has 24 heavy (non-hydrogen) atoms. The Hall–Kier alpha value is -3.00. The van der Waals surface area contributed by atoms with Crippen LogP contribution < -0.4 is 4.18 Å². The molecule has 0 saturated heterocycles. The SMILES string of the molecule is Cc1ccc(S(=O)(=O)Oc2cccc(C=Nn3cnnc3)c2)cc1. The smallest absolute Gasteiger partial charge is 0.339 e. The maximum Gasteiger partial charge on any atom is 0.339 e. The Morgan fingerprint density at radius 3 is 2.50 bits per heavy atom. The lowest BCUT2D eigenvalue weighted by atomic mass is 10.2. The van der Waals surface area contributed by atoms with Crippen LogP contribution in [0, 0.1) is 6.92 Å². The zero-order valence-electron chi connectivity index (χ0n) is 12.8. The summed E-state index contributed by atoms with van der Waals surface area (Å²) in [5, 5.41) is 11.4. The van der Waals surface area contributed by atoms with Crippen molar-refractivity contribution >= 4 is 16.3 Å². The number of hydrogen-bond acceptors (Lipinski definition) is 6. The van der Waals surface area contributed by atoms with Crippen molar-refractivity contribution < 1.29 is 12.6 Å². The van der Waals surface area contributed by atoms with Gasteiger partial charge in [0, 0.05) is 0 Å². The van der Waals surface area contributed by atoms with Crippen LogP contribution in [0.15, 0.2) is 71.2 Å². The summed E-state index contributed by atoms with van der Waals surface area (Å²) in [4.78, 5) is 0.108. The molecule has 0 fully saturated rings. The van der Waals surface area contributed by atoms with Crippen molar-refractivity contribution in [2.75, 3.05) is 0 Å². The maximum absolute atomic E-state index is 12.3. The summed E-state index contributed by atoms with van der Waals surface area (Å²) < 4.78 is 31.2. The van der Waals surface area contributed by atoms with E-state index in [1.165, 1.54) is 29.5 Å². The molecule has 0 aliphatic rings. The molecule has 0 aliphatic heterocycles. The number of aryl methyl sites for hydroxylation is 1. The molecule has 3 rings (SSSR count). The van der Waals surface area contributed by atoms with Gasteiger partial charge in [0.15, 0.2) is 0 Å². The fourth-order valence-corrected chi connectivity index (χ4v) is 2.84. The van der Waals surface area contributed by atoms with Crippen molar-refractivity contribution in [3.63, 3.8) is 0 Å². The van der Waals surface area contributed by atoms with Crippen molar-refractivity contribution in [2.24, 2.45) is 5.10 Å². The standard InChI is InChI=1S/C16H14N4O3S/c1-13-5-7-16(8-6-13)24(21,22)23-15-4-2-3-14(9-15)10-19-20-11-17-18-12-20/h2-12H,1H3. The number of aromatic nitrogens is 3. The summed E-state index contributed by atoms with van der Waals surface area (Å²) in [7, 11) is -3.87. The largest absolute Gasteiger partial charge is 0.379 e. The van der Waals surface area contributed by atoms with Crippen LogP contribution in [0.5, 0.6) is 5.75 Å². The molecule has 122 valence electrons. The molecule has 7 nitrogen and oxygen atoms in total. The van der Waals surface area contributed by atoms with Crippen LogP contribution in [0.25, 0.3) is 0 Å². The Morgan fingerprint density at radius 1 is 1.08 bits per heavy atom. The summed E-state index contributed by atoms with van der Waals surface area (Å²) in [5.74, 6) is 0.211. The lowest BCUT2D eigenvalue weighted by Gasteiger charge is -2.07. The van der Waals surface area contributed by atoms with Crippen molar-refractivity contribution in [1.29, 1.82) is 0 Å². The van der Waals surface area contributed by atoms with E-state index in [0.29, 0.717) is 5.56 Å². The molecule has 2 aromatic carbocycles. The second kappa shape index (κ2) is 6.63. The Labute approximate surface area is 139 Å². The number of benzene rings is 2. The van der Waals surface area contributed by atoms with Gasteiger partial charge in [0.2, 0.25) is 0 Å². The van der Waals surface area contributed by atoms with E-state index in [2.05, 4.69) is 15.3 Å². The summed E-state index contributed by atoms with van der Waals surface area (Å²) >= 11 is 0. The van der Waals surface area contributed by atoms with Gasteiger partial charge in [-0.2, -0.15) is 13.5 Å². The average Bonchev–Trinajstić information content (AvgIpc) is 3.07. The fourth-order valence-electron chi connectivity index (χ4n) is 1.91. The van der Waals surface area contributed by atoms with Crippen LogP contribution in [0.3, 0.4) is 0 Å². The lowest BCUT2D eigenvalue weighted by molar-refractivity contribution is 0.486. The molecule has 8 heteroatoms. The van der Waals surface area contributed by atoms with Crippen LogP contribution in [0.1, 0.15) is 11.1 Å². The van der Waals surface area contributed by atoms with Gasteiger partial charge in [-0.05, 0) is 36.8 Å². The van der Waals surface area contributed by atoms with Gasteiger partial charge in [-0.25, -0.2) is 4.68 Å². The molecule has 0 bridgehead atoms. The van der Waals surface area contributed by atoms with E-state index in [1.54, 1.807) is 42.6 Å². The van der Waals surface area contributed by atoms with E-state index in [4.69, 9.17) is 4.18 Å². The molecule has 0 aliphatic carbocycles. The zero-order chi connectivity index (χ0) is 17.0. The molecule has 0 amide bonds. The topological polar surface area (TPSA) is 86.4 Å². The predicted octanol–water partition coefficient (Wildman–Crippen LogP) is 2.24. The number of hydrogen-bond donors (Lipinski definition) is 0. The highest BCUT2D eigenvalue weighted by atomic mass is 32.2. The predicted molar refractivity (Wildman–Crippen MR) is 88.4 cm³/mol. The zero-order valence-corrected chi connectivity index (χ0v) is 13.6. The normalized spacial score (nSPS) is 11.7. The maximum atomic E-state index is 12.3. The summed E-state index contributed by atoms with van der Waals surface area (Å²) in [6.07, 6.45) is 4.44. The number of nitrogens with zero attached hydrogens (tertiary/aromatic N) is 4. The van der Waals surface area contributed by atoms with Gasteiger partial charge < -0.3 is 4.18 Å². The van der Waals surface area contributed by atoms with Crippen LogP contribution in [0.2, 0.25) is 0 Å². The third kappa shape index (κ3) is 3.85. The second-order valence-electron chi connectivity index (χ2n) is 5.01. The molecule has 0 unspecified atom stereocenters. The van der Waals surface area contributed by atoms with Crippen LogP contribution >= 0.6 is 0 Å². The van der Waals surface area contributed by atoms with Crippen LogP contribution in [0.4, 0.5) is 0 Å². The Bertz CT molecular complexity index is 949. The third-order valence-electron chi connectivity index (χ3n) is 3.12. The minimum Gasteiger partial charge on any atom is -0.379 e. The molecule has 0 saturated carbocycles. The Balaban J connectivity index is 1.80. The van der Waals surface area contributed by atoms with Crippen molar-refractivity contribution in [1.82, 2.24) is 14.9 Å². The van der Waals surface area contributed by atoms with E-state index >= 15 is 0 Å². The third-order valence-corrected chi connectivity index (χ3v) is 4.38. The minimum absolute atomic E-state index is 0.108. The highest BCUT2D eigenvalue weighted by Gasteiger charge is 2.16. The number of rotatable bonds is 5. The van der Waals surface area contributed by atoms with E-state index in [-0.39, 0.29) is 10.6 Å². The van der Waals surface area contributed by atoms with Gasteiger partial charge in [0.25, 0.3) is 0 Å². The fraction of sp³-hybridized carbons (Fsp3) is 0.0625. The molecule has 3 aromatic rings. The van der Waals surface area contributed by atoms with E-state index in [9.17, 15) is 8.42 Å². The highest BCUT2D eigenvalue weighted by Crippen LogP contribution is 2.19. The van der Waals surface area contributed by atoms with Gasteiger partial charge in [0.1, 0.15) is 23.3 Å². The van der Waals surface area contributed by atoms with Gasteiger partial charge in [-0.1, -0.05) is 29.8 Å². The second-order valence-corrected chi connectivity index (χ2v) is 6.56. The molecular formula is C16H14N4O3S. The first kappa shape index (κ1) is 15.9. The van der Waals surface area contributed by atoms with E-state index < -0.39 is 10.1 Å². The van der Waals surface area contributed by atoms with Crippen molar-refractivity contribution in [3.05, 3.63) is 72.3 Å². The molecule has 1 heterocycles. The van der Waals surface area contributed by atoms with Gasteiger partial charge in [-0.15, -0.1) is 10.2 Å². The first-order chi connectivity index (χ1) is 11.5. The Kier molecular flexibility index (Phi) is 4.39.